The highest BCUT2D eigenvalue weighted by atomic mass is 32.2. The third-order valence-electron chi connectivity index (χ3n) is 10.4. The Morgan fingerprint density at radius 2 is 1.69 bits per heavy atom. The fourth-order valence-corrected chi connectivity index (χ4v) is 11.4. The molecule has 3 amide bonds. The van der Waals surface area contributed by atoms with E-state index in [9.17, 15) is 19.2 Å². The van der Waals surface area contributed by atoms with Crippen molar-refractivity contribution < 1.29 is 23.9 Å². The standard InChI is InChI=1S/C37H35N3O6S2/c1-4-45-26-15-20(11-14-25(26)46-17-27(41)38-24-8-6-5-7-19(24)3)28-29-22-16-23(32(29)47-34-33(28)48-37(44)39-34)31-30(22)35(42)40(36(31)43)21-12-9-18(2)10-13-21/h5-15,22-23,28-32H,4,16-17H2,1-3H3,(H,38,41)(H,39,44)/t22-,23-,28+,29-,30+,31+,32-/m1/s1. The van der Waals surface area contributed by atoms with Crippen molar-refractivity contribution in [2.24, 2.45) is 29.6 Å². The van der Waals surface area contributed by atoms with Crippen LogP contribution < -0.4 is 24.6 Å². The van der Waals surface area contributed by atoms with Gasteiger partial charge in [0.25, 0.3) is 5.91 Å². The molecule has 2 bridgehead atoms. The number of aromatic amines is 1. The average molecular weight is 682 g/mol. The number of fused-ring (bicyclic) bond motifs is 9. The molecule has 11 heteroatoms. The first kappa shape index (κ1) is 31.0. The smallest absolute Gasteiger partial charge is 0.305 e. The first-order valence-corrected chi connectivity index (χ1v) is 18.0. The third kappa shape index (κ3) is 4.97. The molecule has 7 atom stereocenters. The summed E-state index contributed by atoms with van der Waals surface area (Å²) in [5.41, 5.74) is 4.34. The van der Waals surface area contributed by atoms with Crippen molar-refractivity contribution in [3.05, 3.63) is 98.0 Å². The van der Waals surface area contributed by atoms with Crippen molar-refractivity contribution in [1.82, 2.24) is 4.98 Å². The Labute approximate surface area is 286 Å². The van der Waals surface area contributed by atoms with E-state index in [4.69, 9.17) is 9.47 Å². The van der Waals surface area contributed by atoms with Crippen LogP contribution in [0.2, 0.25) is 0 Å². The molecule has 2 saturated carbocycles. The van der Waals surface area contributed by atoms with E-state index < -0.39 is 0 Å². The highest BCUT2D eigenvalue weighted by Gasteiger charge is 2.69. The van der Waals surface area contributed by atoms with Crippen LogP contribution in [0.1, 0.15) is 40.8 Å². The quantitative estimate of drug-likeness (QED) is 0.214. The van der Waals surface area contributed by atoms with E-state index >= 15 is 0 Å². The van der Waals surface area contributed by atoms with Gasteiger partial charge in [0.1, 0.15) is 0 Å². The Kier molecular flexibility index (Phi) is 7.71. The second-order valence-corrected chi connectivity index (χ2v) is 15.3. The van der Waals surface area contributed by atoms with E-state index in [2.05, 4.69) is 10.3 Å². The van der Waals surface area contributed by atoms with Crippen LogP contribution in [-0.4, -0.2) is 41.2 Å². The molecule has 2 aliphatic carbocycles. The minimum absolute atomic E-state index is 0.00337. The number of thiazole rings is 1. The molecule has 2 aliphatic heterocycles. The van der Waals surface area contributed by atoms with Crippen LogP contribution in [0.5, 0.6) is 11.5 Å². The summed E-state index contributed by atoms with van der Waals surface area (Å²) in [5, 5.41) is 3.82. The number of rotatable bonds is 8. The van der Waals surface area contributed by atoms with Crippen molar-refractivity contribution >= 4 is 52.2 Å². The number of benzene rings is 3. The van der Waals surface area contributed by atoms with Crippen LogP contribution in [0.3, 0.4) is 0 Å². The number of aromatic nitrogens is 1. The molecule has 8 rings (SSSR count). The van der Waals surface area contributed by atoms with E-state index in [0.717, 1.165) is 38.7 Å². The molecular formula is C37H35N3O6S2. The number of nitrogens with zero attached hydrogens (tertiary/aromatic N) is 1. The van der Waals surface area contributed by atoms with E-state index in [1.54, 1.807) is 11.8 Å². The second kappa shape index (κ2) is 12.0. The lowest BCUT2D eigenvalue weighted by molar-refractivity contribution is -0.123. The molecule has 48 heavy (non-hydrogen) atoms. The zero-order valence-electron chi connectivity index (χ0n) is 26.7. The highest BCUT2D eigenvalue weighted by Crippen LogP contribution is 2.68. The van der Waals surface area contributed by atoms with Crippen LogP contribution in [0.4, 0.5) is 11.4 Å². The van der Waals surface area contributed by atoms with Crippen LogP contribution in [0.15, 0.2) is 76.6 Å². The van der Waals surface area contributed by atoms with Crippen LogP contribution in [0.25, 0.3) is 0 Å². The number of aryl methyl sites for hydroxylation is 2. The van der Waals surface area contributed by atoms with Crippen LogP contribution in [0, 0.1) is 43.4 Å². The minimum Gasteiger partial charge on any atom is -0.490 e. The lowest BCUT2D eigenvalue weighted by Gasteiger charge is -2.43. The van der Waals surface area contributed by atoms with Gasteiger partial charge in [0.2, 0.25) is 11.8 Å². The van der Waals surface area contributed by atoms with Gasteiger partial charge >= 0.3 is 4.87 Å². The molecule has 0 radical (unpaired) electrons. The third-order valence-corrected chi connectivity index (χ3v) is 13.0. The van der Waals surface area contributed by atoms with Gasteiger partial charge in [0.05, 0.1) is 29.2 Å². The van der Waals surface area contributed by atoms with Gasteiger partial charge in [-0.3, -0.25) is 24.1 Å². The molecule has 3 aromatic carbocycles. The predicted molar refractivity (Wildman–Crippen MR) is 185 cm³/mol. The molecule has 246 valence electrons. The summed E-state index contributed by atoms with van der Waals surface area (Å²) in [6.07, 6.45) is 0.808. The monoisotopic (exact) mass is 681 g/mol. The van der Waals surface area contributed by atoms with Gasteiger partial charge in [-0.15, -0.1) is 11.8 Å². The molecule has 1 saturated heterocycles. The van der Waals surface area contributed by atoms with Crippen molar-refractivity contribution in [2.75, 3.05) is 23.4 Å². The summed E-state index contributed by atoms with van der Waals surface area (Å²) >= 11 is 2.88. The lowest BCUT2D eigenvalue weighted by Crippen LogP contribution is -2.42. The average Bonchev–Trinajstić information content (AvgIpc) is 3.81. The van der Waals surface area contributed by atoms with Crippen molar-refractivity contribution in [3.63, 3.8) is 0 Å². The molecule has 4 aliphatic rings. The fraction of sp³-hybridized carbons (Fsp3) is 0.351. The van der Waals surface area contributed by atoms with Crippen LogP contribution in [-0.2, 0) is 14.4 Å². The normalized spacial score (nSPS) is 26.6. The first-order chi connectivity index (χ1) is 23.2. The molecule has 0 unspecified atom stereocenters. The summed E-state index contributed by atoms with van der Waals surface area (Å²) in [6.45, 7) is 6.01. The van der Waals surface area contributed by atoms with Gasteiger partial charge in [-0.05, 0) is 86.4 Å². The molecule has 0 spiro atoms. The predicted octanol–water partition coefficient (Wildman–Crippen LogP) is 6.15. The maximum atomic E-state index is 14.1. The molecule has 1 aromatic heterocycles. The van der Waals surface area contributed by atoms with E-state index in [-0.39, 0.29) is 70.0 Å². The van der Waals surface area contributed by atoms with Crippen molar-refractivity contribution in [1.29, 1.82) is 0 Å². The molecule has 9 nitrogen and oxygen atoms in total. The number of carbonyl (C=O) groups is 3. The van der Waals surface area contributed by atoms with Crippen molar-refractivity contribution in [2.45, 2.75) is 43.4 Å². The Hall–Kier alpha value is -4.35. The Balaban J connectivity index is 1.10. The van der Waals surface area contributed by atoms with Gasteiger partial charge < -0.3 is 19.8 Å². The molecular weight excluding hydrogens is 647 g/mol. The summed E-state index contributed by atoms with van der Waals surface area (Å²) in [6, 6.07) is 20.9. The molecule has 3 heterocycles. The Morgan fingerprint density at radius 3 is 2.44 bits per heavy atom. The second-order valence-electron chi connectivity index (χ2n) is 13.1. The highest BCUT2D eigenvalue weighted by molar-refractivity contribution is 8.00. The number of para-hydroxylation sites is 1. The summed E-state index contributed by atoms with van der Waals surface area (Å²) in [7, 11) is 0. The van der Waals surface area contributed by atoms with Gasteiger partial charge in [0, 0.05) is 21.7 Å². The number of hydrogen-bond acceptors (Lipinski definition) is 8. The minimum atomic E-state index is -0.383. The number of ether oxygens (including phenoxy) is 2. The summed E-state index contributed by atoms with van der Waals surface area (Å²) < 4.78 is 12.0. The molecule has 2 N–H and O–H groups in total. The van der Waals surface area contributed by atoms with Crippen LogP contribution >= 0.6 is 23.1 Å². The fourth-order valence-electron chi connectivity index (χ4n) is 8.49. The zero-order valence-corrected chi connectivity index (χ0v) is 28.4. The number of hydrogen-bond donors (Lipinski definition) is 2. The Bertz CT molecular complexity index is 2000. The molecule has 3 fully saturated rings. The summed E-state index contributed by atoms with van der Waals surface area (Å²) in [5.74, 6) is -0.366. The largest absolute Gasteiger partial charge is 0.490 e. The maximum Gasteiger partial charge on any atom is 0.305 e. The Morgan fingerprint density at radius 1 is 0.938 bits per heavy atom. The SMILES string of the molecule is CCOc1cc([C@@H]2c3sc(=O)[nH]c3S[C@@H]3[C@@H]4C[C@@H]([C@@H]5C(=O)N(c6ccc(C)cc6)C(=O)[C@@H]45)[C@H]23)ccc1OCC(=O)Nc1ccccc1C. The van der Waals surface area contributed by atoms with Gasteiger partial charge in [-0.25, -0.2) is 0 Å². The number of carbonyl (C=O) groups excluding carboxylic acids is 3. The number of nitrogens with one attached hydrogen (secondary N) is 2. The van der Waals surface area contributed by atoms with E-state index in [1.807, 2.05) is 87.5 Å². The maximum absolute atomic E-state index is 14.1. The van der Waals surface area contributed by atoms with Gasteiger partial charge in [-0.1, -0.05) is 53.3 Å². The van der Waals surface area contributed by atoms with E-state index in [1.165, 1.54) is 16.2 Å². The first-order valence-electron chi connectivity index (χ1n) is 16.3. The van der Waals surface area contributed by atoms with Crippen molar-refractivity contribution in [3.8, 4) is 11.5 Å². The lowest BCUT2D eigenvalue weighted by atomic mass is 9.68. The van der Waals surface area contributed by atoms with E-state index in [0.29, 0.717) is 23.8 Å². The zero-order chi connectivity index (χ0) is 33.3. The number of anilines is 2. The summed E-state index contributed by atoms with van der Waals surface area (Å²) in [4.78, 5) is 58.8. The van der Waals surface area contributed by atoms with Gasteiger partial charge in [0.15, 0.2) is 18.1 Å². The number of imide groups is 1. The number of thioether (sulfide) groups is 1. The topological polar surface area (TPSA) is 118 Å². The molecule has 4 aromatic rings. The van der Waals surface area contributed by atoms with Gasteiger partial charge in [-0.2, -0.15) is 0 Å². The number of amides is 3. The number of H-pyrrole nitrogens is 1.